The summed E-state index contributed by atoms with van der Waals surface area (Å²) >= 11 is 0. The van der Waals surface area contributed by atoms with E-state index in [1.165, 1.54) is 5.56 Å². The number of aromatic amines is 1. The number of fused-ring (bicyclic) bond motifs is 3. The van der Waals surface area contributed by atoms with Gasteiger partial charge in [-0.3, -0.25) is 10.2 Å². The van der Waals surface area contributed by atoms with Crippen LogP contribution in [0.1, 0.15) is 50.3 Å². The number of hydrogen-bond donors (Lipinski definition) is 2. The minimum absolute atomic E-state index is 0.363. The van der Waals surface area contributed by atoms with Gasteiger partial charge in [0.15, 0.2) is 11.3 Å². The van der Waals surface area contributed by atoms with Gasteiger partial charge in [-0.2, -0.15) is 0 Å². The highest BCUT2D eigenvalue weighted by atomic mass is 16.5. The van der Waals surface area contributed by atoms with Crippen molar-refractivity contribution in [1.82, 2.24) is 24.4 Å². The first-order chi connectivity index (χ1) is 12.6. The van der Waals surface area contributed by atoms with E-state index in [2.05, 4.69) is 40.6 Å². The number of rotatable bonds is 6. The maximum absolute atomic E-state index is 6.00. The minimum atomic E-state index is 0.363. The molecule has 0 radical (unpaired) electrons. The number of imidazole rings is 1. The molecular weight excluding hydrogens is 328 g/mol. The van der Waals surface area contributed by atoms with E-state index in [0.717, 1.165) is 67.9 Å². The minimum Gasteiger partial charge on any atom is -0.381 e. The molecule has 26 heavy (non-hydrogen) atoms. The molecule has 0 atom stereocenters. The van der Waals surface area contributed by atoms with Gasteiger partial charge in [0.05, 0.1) is 17.4 Å². The lowest BCUT2D eigenvalue weighted by Gasteiger charge is -2.21. The van der Waals surface area contributed by atoms with Crippen molar-refractivity contribution in [2.24, 2.45) is 5.84 Å². The second-order valence-electron chi connectivity index (χ2n) is 7.48. The van der Waals surface area contributed by atoms with Crippen molar-refractivity contribution < 1.29 is 4.74 Å². The molecule has 4 heterocycles. The Balaban J connectivity index is 1.60. The summed E-state index contributed by atoms with van der Waals surface area (Å²) in [6, 6.07) is 0.363. The van der Waals surface area contributed by atoms with E-state index in [1.807, 2.05) is 11.2 Å². The zero-order valence-electron chi connectivity index (χ0n) is 15.6. The Hall–Kier alpha value is -1.96. The zero-order chi connectivity index (χ0) is 18.1. The zero-order valence-corrected chi connectivity index (χ0v) is 15.6. The maximum Gasteiger partial charge on any atom is 0.156 e. The molecule has 7 nitrogen and oxygen atoms in total. The molecule has 0 bridgehead atoms. The standard InChI is InChI=1S/C19H28N6O/c1-13(2)25(20)7-3-4-15-12-24-17(23-15)11-22-19-18(24)16(10-21-19)14-5-8-26-9-6-14/h10-14,21H,3-9,20H2,1-2H3. The molecule has 0 spiro atoms. The van der Waals surface area contributed by atoms with Crippen LogP contribution in [0.4, 0.5) is 0 Å². The van der Waals surface area contributed by atoms with E-state index in [0.29, 0.717) is 12.0 Å². The van der Waals surface area contributed by atoms with E-state index in [-0.39, 0.29) is 0 Å². The molecule has 0 saturated carbocycles. The van der Waals surface area contributed by atoms with Gasteiger partial charge in [-0.1, -0.05) is 0 Å². The Labute approximate surface area is 153 Å². The van der Waals surface area contributed by atoms with Crippen LogP contribution >= 0.6 is 0 Å². The second-order valence-corrected chi connectivity index (χ2v) is 7.48. The lowest BCUT2D eigenvalue weighted by atomic mass is 9.93. The molecule has 3 aromatic rings. The maximum atomic E-state index is 6.00. The number of hydrogen-bond acceptors (Lipinski definition) is 5. The van der Waals surface area contributed by atoms with Gasteiger partial charge >= 0.3 is 0 Å². The summed E-state index contributed by atoms with van der Waals surface area (Å²) in [6.07, 6.45) is 10.2. The molecule has 1 fully saturated rings. The number of aryl methyl sites for hydroxylation is 1. The van der Waals surface area contributed by atoms with Gasteiger partial charge in [-0.05, 0) is 51.0 Å². The van der Waals surface area contributed by atoms with Crippen LogP contribution < -0.4 is 5.84 Å². The van der Waals surface area contributed by atoms with Gasteiger partial charge < -0.3 is 9.72 Å². The fourth-order valence-corrected chi connectivity index (χ4v) is 3.75. The Morgan fingerprint density at radius 3 is 2.96 bits per heavy atom. The molecule has 7 heteroatoms. The summed E-state index contributed by atoms with van der Waals surface area (Å²) in [5, 5.41) is 1.88. The fourth-order valence-electron chi connectivity index (χ4n) is 3.75. The topological polar surface area (TPSA) is 84.5 Å². The smallest absolute Gasteiger partial charge is 0.156 e. The highest BCUT2D eigenvalue weighted by Crippen LogP contribution is 2.32. The van der Waals surface area contributed by atoms with Crippen LogP contribution in [0.2, 0.25) is 0 Å². The number of aromatic nitrogens is 4. The van der Waals surface area contributed by atoms with Gasteiger partial charge in [-0.15, -0.1) is 0 Å². The number of H-pyrrole nitrogens is 1. The van der Waals surface area contributed by atoms with Gasteiger partial charge in [0, 0.05) is 38.2 Å². The van der Waals surface area contributed by atoms with Crippen LogP contribution in [0.5, 0.6) is 0 Å². The average Bonchev–Trinajstić information content (AvgIpc) is 3.25. The molecule has 140 valence electrons. The molecule has 3 N–H and O–H groups in total. The first-order valence-electron chi connectivity index (χ1n) is 9.56. The predicted molar refractivity (Wildman–Crippen MR) is 102 cm³/mol. The number of nitrogens with two attached hydrogens (primary N) is 1. The fraction of sp³-hybridized carbons (Fsp3) is 0.579. The van der Waals surface area contributed by atoms with Crippen LogP contribution in [0, 0.1) is 0 Å². The number of nitrogens with one attached hydrogen (secondary N) is 1. The Kier molecular flexibility index (Phi) is 4.93. The number of ether oxygens (including phenoxy) is 1. The summed E-state index contributed by atoms with van der Waals surface area (Å²) in [6.45, 7) is 6.76. The summed E-state index contributed by atoms with van der Waals surface area (Å²) < 4.78 is 7.72. The van der Waals surface area contributed by atoms with Crippen molar-refractivity contribution in [3.8, 4) is 0 Å². The van der Waals surface area contributed by atoms with Crippen LogP contribution in [-0.2, 0) is 11.2 Å². The SMILES string of the molecule is CC(C)N(N)CCCc1cn2c(cnc3[nH]cc(C4CCOCC4)c32)n1. The van der Waals surface area contributed by atoms with Crippen LogP contribution in [0.3, 0.4) is 0 Å². The molecular formula is C19H28N6O. The Morgan fingerprint density at radius 2 is 2.19 bits per heavy atom. The number of nitrogens with zero attached hydrogens (tertiary/aromatic N) is 4. The van der Waals surface area contributed by atoms with Gasteiger partial charge in [0.1, 0.15) is 0 Å². The van der Waals surface area contributed by atoms with Crippen molar-refractivity contribution >= 4 is 16.8 Å². The van der Waals surface area contributed by atoms with Crippen molar-refractivity contribution in [2.75, 3.05) is 19.8 Å². The third-order valence-corrected chi connectivity index (χ3v) is 5.37. The highest BCUT2D eigenvalue weighted by Gasteiger charge is 2.21. The van der Waals surface area contributed by atoms with Crippen molar-refractivity contribution in [3.05, 3.63) is 29.8 Å². The second kappa shape index (κ2) is 7.34. The molecule has 1 aliphatic rings. The summed E-state index contributed by atoms with van der Waals surface area (Å²) in [5.74, 6) is 6.52. The van der Waals surface area contributed by atoms with Crippen molar-refractivity contribution in [3.63, 3.8) is 0 Å². The number of hydrazine groups is 1. The van der Waals surface area contributed by atoms with Gasteiger partial charge in [0.25, 0.3) is 0 Å². The normalized spacial score (nSPS) is 16.5. The molecule has 0 aromatic carbocycles. The molecule has 4 rings (SSSR count). The molecule has 0 amide bonds. The summed E-state index contributed by atoms with van der Waals surface area (Å²) in [4.78, 5) is 12.7. The quantitative estimate of drug-likeness (QED) is 0.524. The average molecular weight is 356 g/mol. The lowest BCUT2D eigenvalue weighted by molar-refractivity contribution is 0.0856. The highest BCUT2D eigenvalue weighted by molar-refractivity contribution is 5.79. The van der Waals surface area contributed by atoms with Crippen LogP contribution in [0.25, 0.3) is 16.8 Å². The van der Waals surface area contributed by atoms with Crippen LogP contribution in [-0.4, -0.2) is 50.2 Å². The van der Waals surface area contributed by atoms with Crippen molar-refractivity contribution in [2.45, 2.75) is 51.5 Å². The van der Waals surface area contributed by atoms with Gasteiger partial charge in [-0.25, -0.2) is 15.0 Å². The van der Waals surface area contributed by atoms with E-state index in [1.54, 1.807) is 0 Å². The van der Waals surface area contributed by atoms with Gasteiger partial charge in [0.2, 0.25) is 0 Å². The van der Waals surface area contributed by atoms with Crippen LogP contribution in [0.15, 0.2) is 18.6 Å². The molecule has 3 aromatic heterocycles. The molecule has 1 aliphatic heterocycles. The summed E-state index contributed by atoms with van der Waals surface area (Å²) in [7, 11) is 0. The predicted octanol–water partition coefficient (Wildman–Crippen LogP) is 2.62. The monoisotopic (exact) mass is 356 g/mol. The Morgan fingerprint density at radius 1 is 1.38 bits per heavy atom. The molecule has 0 unspecified atom stereocenters. The molecule has 0 aliphatic carbocycles. The van der Waals surface area contributed by atoms with E-state index >= 15 is 0 Å². The van der Waals surface area contributed by atoms with Crippen molar-refractivity contribution in [1.29, 1.82) is 0 Å². The Bertz CT molecular complexity index is 877. The first kappa shape index (κ1) is 17.5. The van der Waals surface area contributed by atoms with E-state index in [4.69, 9.17) is 15.6 Å². The van der Waals surface area contributed by atoms with E-state index in [9.17, 15) is 0 Å². The third-order valence-electron chi connectivity index (χ3n) is 5.37. The van der Waals surface area contributed by atoms with E-state index < -0.39 is 0 Å². The largest absolute Gasteiger partial charge is 0.381 e. The summed E-state index contributed by atoms with van der Waals surface area (Å²) in [5.41, 5.74) is 5.43. The molecule has 1 saturated heterocycles. The third kappa shape index (κ3) is 3.34. The first-order valence-corrected chi connectivity index (χ1v) is 9.56. The lowest BCUT2D eigenvalue weighted by Crippen LogP contribution is -2.38.